The van der Waals surface area contributed by atoms with Crippen molar-refractivity contribution >= 4 is 5.91 Å². The van der Waals surface area contributed by atoms with Gasteiger partial charge in [0, 0.05) is 27.1 Å². The Labute approximate surface area is 66.5 Å². The predicted octanol–water partition coefficient (Wildman–Crippen LogP) is -0.589. The molecule has 4 heteroatoms. The molecule has 4 nitrogen and oxygen atoms in total. The van der Waals surface area contributed by atoms with Crippen molar-refractivity contribution in [3.8, 4) is 0 Å². The molecule has 0 bridgehead atoms. The predicted molar refractivity (Wildman–Crippen MR) is 41.1 cm³/mol. The van der Waals surface area contributed by atoms with E-state index < -0.39 is 0 Å². The molecule has 1 fully saturated rings. The van der Waals surface area contributed by atoms with E-state index in [1.807, 2.05) is 0 Å². The SMILES string of the molecule is CC(=O)N(C)C1CNCCO1. The number of rotatable bonds is 1. The van der Waals surface area contributed by atoms with Crippen LogP contribution in [0.25, 0.3) is 0 Å². The Hall–Kier alpha value is -0.610. The topological polar surface area (TPSA) is 41.6 Å². The minimum absolute atomic E-state index is 0.0405. The van der Waals surface area contributed by atoms with Gasteiger partial charge in [-0.2, -0.15) is 0 Å². The van der Waals surface area contributed by atoms with Crippen molar-refractivity contribution in [3.05, 3.63) is 0 Å². The van der Waals surface area contributed by atoms with Gasteiger partial charge in [0.2, 0.25) is 5.91 Å². The van der Waals surface area contributed by atoms with Crippen molar-refractivity contribution < 1.29 is 9.53 Å². The Morgan fingerprint density at radius 2 is 2.45 bits per heavy atom. The molecule has 1 aliphatic heterocycles. The van der Waals surface area contributed by atoms with Crippen LogP contribution in [0.4, 0.5) is 0 Å². The van der Waals surface area contributed by atoms with Crippen LogP contribution in [0.5, 0.6) is 0 Å². The molecule has 0 aromatic carbocycles. The third kappa shape index (κ3) is 2.17. The second kappa shape index (κ2) is 3.69. The van der Waals surface area contributed by atoms with Gasteiger partial charge in [0.1, 0.15) is 6.23 Å². The third-order valence-corrected chi connectivity index (χ3v) is 1.84. The number of carbonyl (C=O) groups excluding carboxylic acids is 1. The van der Waals surface area contributed by atoms with E-state index in [-0.39, 0.29) is 12.1 Å². The summed E-state index contributed by atoms with van der Waals surface area (Å²) < 4.78 is 5.34. The van der Waals surface area contributed by atoms with Gasteiger partial charge in [0.15, 0.2) is 0 Å². The van der Waals surface area contributed by atoms with Crippen molar-refractivity contribution in [2.24, 2.45) is 0 Å². The molecule has 1 saturated heterocycles. The van der Waals surface area contributed by atoms with Crippen LogP contribution in [-0.4, -0.2) is 43.8 Å². The third-order valence-electron chi connectivity index (χ3n) is 1.84. The fraction of sp³-hybridized carbons (Fsp3) is 0.857. The van der Waals surface area contributed by atoms with Crippen LogP contribution in [0.1, 0.15) is 6.92 Å². The molecule has 0 radical (unpaired) electrons. The Morgan fingerprint density at radius 3 is 2.91 bits per heavy atom. The molecule has 0 aliphatic carbocycles. The van der Waals surface area contributed by atoms with E-state index in [1.54, 1.807) is 11.9 Å². The second-order valence-corrected chi connectivity index (χ2v) is 2.66. The zero-order valence-electron chi connectivity index (χ0n) is 6.96. The van der Waals surface area contributed by atoms with Crippen molar-refractivity contribution in [2.45, 2.75) is 13.2 Å². The molecule has 1 rings (SSSR count). The van der Waals surface area contributed by atoms with Gasteiger partial charge < -0.3 is 15.0 Å². The molecule has 1 atom stereocenters. The van der Waals surface area contributed by atoms with Gasteiger partial charge in [-0.25, -0.2) is 0 Å². The molecular formula is C7H14N2O2. The number of hydrogen-bond acceptors (Lipinski definition) is 3. The molecule has 11 heavy (non-hydrogen) atoms. The maximum atomic E-state index is 10.9. The van der Waals surface area contributed by atoms with E-state index in [0.717, 1.165) is 13.1 Å². The maximum absolute atomic E-state index is 10.9. The largest absolute Gasteiger partial charge is 0.356 e. The van der Waals surface area contributed by atoms with E-state index in [0.29, 0.717) is 6.61 Å². The van der Waals surface area contributed by atoms with Crippen molar-refractivity contribution in [3.63, 3.8) is 0 Å². The van der Waals surface area contributed by atoms with Crippen LogP contribution in [0, 0.1) is 0 Å². The highest BCUT2D eigenvalue weighted by atomic mass is 16.5. The van der Waals surface area contributed by atoms with Gasteiger partial charge in [-0.15, -0.1) is 0 Å². The summed E-state index contributed by atoms with van der Waals surface area (Å²) in [6.45, 7) is 3.83. The van der Waals surface area contributed by atoms with Gasteiger partial charge in [0.25, 0.3) is 0 Å². The lowest BCUT2D eigenvalue weighted by atomic mass is 10.4. The lowest BCUT2D eigenvalue weighted by Gasteiger charge is -2.30. The quantitative estimate of drug-likeness (QED) is 0.554. The summed E-state index contributed by atoms with van der Waals surface area (Å²) in [5.74, 6) is 0.0405. The average Bonchev–Trinajstić information content (AvgIpc) is 2.05. The van der Waals surface area contributed by atoms with Crippen molar-refractivity contribution in [1.29, 1.82) is 0 Å². The zero-order chi connectivity index (χ0) is 8.27. The molecule has 0 spiro atoms. The number of hydrogen-bond donors (Lipinski definition) is 1. The van der Waals surface area contributed by atoms with Gasteiger partial charge in [0.05, 0.1) is 6.61 Å². The van der Waals surface area contributed by atoms with Gasteiger partial charge in [-0.05, 0) is 0 Å². The molecule has 1 amide bonds. The number of nitrogens with one attached hydrogen (secondary N) is 1. The number of carbonyl (C=O) groups is 1. The van der Waals surface area contributed by atoms with Gasteiger partial charge in [-0.1, -0.05) is 0 Å². The van der Waals surface area contributed by atoms with E-state index in [2.05, 4.69) is 5.32 Å². The summed E-state index contributed by atoms with van der Waals surface area (Å²) >= 11 is 0. The van der Waals surface area contributed by atoms with E-state index in [4.69, 9.17) is 4.74 Å². The number of likely N-dealkylation sites (N-methyl/N-ethyl adjacent to an activating group) is 1. The van der Waals surface area contributed by atoms with Crippen LogP contribution < -0.4 is 5.32 Å². The smallest absolute Gasteiger partial charge is 0.221 e. The highest BCUT2D eigenvalue weighted by Gasteiger charge is 2.19. The fourth-order valence-electron chi connectivity index (χ4n) is 1.00. The Morgan fingerprint density at radius 1 is 1.73 bits per heavy atom. The summed E-state index contributed by atoms with van der Waals surface area (Å²) in [5, 5.41) is 3.15. The second-order valence-electron chi connectivity index (χ2n) is 2.66. The van der Waals surface area contributed by atoms with Crippen LogP contribution in [-0.2, 0) is 9.53 Å². The summed E-state index contributed by atoms with van der Waals surface area (Å²) in [7, 11) is 1.75. The molecule has 1 N–H and O–H groups in total. The minimum Gasteiger partial charge on any atom is -0.356 e. The maximum Gasteiger partial charge on any atom is 0.221 e. The number of ether oxygens (including phenoxy) is 1. The summed E-state index contributed by atoms with van der Waals surface area (Å²) in [6.07, 6.45) is -0.0822. The highest BCUT2D eigenvalue weighted by molar-refractivity contribution is 5.73. The standard InChI is InChI=1S/C7H14N2O2/c1-6(10)9(2)7-5-8-3-4-11-7/h7-8H,3-5H2,1-2H3. The van der Waals surface area contributed by atoms with Crippen molar-refractivity contribution in [1.82, 2.24) is 10.2 Å². The van der Waals surface area contributed by atoms with E-state index >= 15 is 0 Å². The molecule has 1 aliphatic rings. The average molecular weight is 158 g/mol. The summed E-state index contributed by atoms with van der Waals surface area (Å²) in [6, 6.07) is 0. The number of morpholine rings is 1. The van der Waals surface area contributed by atoms with Crippen LogP contribution in [0.2, 0.25) is 0 Å². The molecule has 1 heterocycles. The molecule has 0 saturated carbocycles. The molecule has 1 unspecified atom stereocenters. The molecule has 0 aromatic heterocycles. The normalized spacial score (nSPS) is 24.7. The lowest BCUT2D eigenvalue weighted by Crippen LogP contribution is -2.49. The lowest BCUT2D eigenvalue weighted by molar-refractivity contribution is -0.143. The molecule has 0 aromatic rings. The number of amides is 1. The number of nitrogens with zero attached hydrogens (tertiary/aromatic N) is 1. The Balaban J connectivity index is 2.38. The van der Waals surface area contributed by atoms with Crippen LogP contribution >= 0.6 is 0 Å². The van der Waals surface area contributed by atoms with Crippen LogP contribution in [0.15, 0.2) is 0 Å². The summed E-state index contributed by atoms with van der Waals surface area (Å²) in [5.41, 5.74) is 0. The van der Waals surface area contributed by atoms with Crippen molar-refractivity contribution in [2.75, 3.05) is 26.7 Å². The molecular weight excluding hydrogens is 144 g/mol. The zero-order valence-corrected chi connectivity index (χ0v) is 6.96. The van der Waals surface area contributed by atoms with Crippen LogP contribution in [0.3, 0.4) is 0 Å². The van der Waals surface area contributed by atoms with E-state index in [9.17, 15) is 4.79 Å². The monoisotopic (exact) mass is 158 g/mol. The Bertz CT molecular complexity index is 143. The first-order valence-electron chi connectivity index (χ1n) is 3.77. The minimum atomic E-state index is -0.0822. The van der Waals surface area contributed by atoms with E-state index in [1.165, 1.54) is 6.92 Å². The Kier molecular flexibility index (Phi) is 2.84. The summed E-state index contributed by atoms with van der Waals surface area (Å²) in [4.78, 5) is 12.5. The first-order chi connectivity index (χ1) is 5.22. The first-order valence-corrected chi connectivity index (χ1v) is 3.77. The van der Waals surface area contributed by atoms with Gasteiger partial charge >= 0.3 is 0 Å². The highest BCUT2D eigenvalue weighted by Crippen LogP contribution is 2.00. The first kappa shape index (κ1) is 8.49. The molecule has 64 valence electrons. The fourth-order valence-corrected chi connectivity index (χ4v) is 1.00. The van der Waals surface area contributed by atoms with Gasteiger partial charge in [-0.3, -0.25) is 4.79 Å².